The van der Waals surface area contributed by atoms with Gasteiger partial charge in [-0.1, -0.05) is 11.6 Å². The monoisotopic (exact) mass is 280 g/mol. The lowest BCUT2D eigenvalue weighted by Gasteiger charge is -2.10. The van der Waals surface area contributed by atoms with Gasteiger partial charge in [0.25, 0.3) is 0 Å². The molecule has 0 saturated heterocycles. The Kier molecular flexibility index (Phi) is 3.66. The van der Waals surface area contributed by atoms with Gasteiger partial charge in [0.05, 0.1) is 5.02 Å². The van der Waals surface area contributed by atoms with Crippen LogP contribution in [0.4, 0.5) is 15.9 Å². The SMILES string of the molecule is Cc1ccnc(Nc2ccc(F)c(Cl)c2)c1C(=O)O. The van der Waals surface area contributed by atoms with Gasteiger partial charge in [-0.15, -0.1) is 0 Å². The Bertz CT molecular complexity index is 647. The number of anilines is 2. The highest BCUT2D eigenvalue weighted by atomic mass is 35.5. The van der Waals surface area contributed by atoms with Gasteiger partial charge < -0.3 is 10.4 Å². The van der Waals surface area contributed by atoms with Crippen LogP contribution in [0.2, 0.25) is 5.02 Å². The second kappa shape index (κ2) is 5.24. The molecular weight excluding hydrogens is 271 g/mol. The van der Waals surface area contributed by atoms with E-state index in [0.717, 1.165) is 0 Å². The maximum Gasteiger partial charge on any atom is 0.339 e. The van der Waals surface area contributed by atoms with Gasteiger partial charge in [-0.25, -0.2) is 14.2 Å². The molecule has 4 nitrogen and oxygen atoms in total. The van der Waals surface area contributed by atoms with Gasteiger partial charge >= 0.3 is 5.97 Å². The molecule has 2 rings (SSSR count). The zero-order chi connectivity index (χ0) is 14.0. The first-order valence-corrected chi connectivity index (χ1v) is 5.78. The normalized spacial score (nSPS) is 10.3. The number of aromatic nitrogens is 1. The molecule has 0 aliphatic carbocycles. The fourth-order valence-electron chi connectivity index (χ4n) is 1.63. The predicted octanol–water partition coefficient (Wildman–Crippen LogP) is 3.62. The third-order valence-electron chi connectivity index (χ3n) is 2.56. The Labute approximate surface area is 113 Å². The van der Waals surface area contributed by atoms with E-state index in [0.29, 0.717) is 11.3 Å². The van der Waals surface area contributed by atoms with Crippen molar-refractivity contribution in [2.75, 3.05) is 5.32 Å². The maximum atomic E-state index is 13.0. The minimum absolute atomic E-state index is 0.0467. The molecule has 0 radical (unpaired) electrons. The molecule has 0 bridgehead atoms. The van der Waals surface area contributed by atoms with Gasteiger partial charge in [0, 0.05) is 11.9 Å². The average molecular weight is 281 g/mol. The predicted molar refractivity (Wildman–Crippen MR) is 70.6 cm³/mol. The third kappa shape index (κ3) is 2.82. The highest BCUT2D eigenvalue weighted by Gasteiger charge is 2.14. The molecule has 0 atom stereocenters. The molecule has 1 aromatic heterocycles. The Morgan fingerprint density at radius 1 is 1.42 bits per heavy atom. The van der Waals surface area contributed by atoms with Crippen LogP contribution in [-0.4, -0.2) is 16.1 Å². The van der Waals surface area contributed by atoms with E-state index in [2.05, 4.69) is 10.3 Å². The summed E-state index contributed by atoms with van der Waals surface area (Å²) < 4.78 is 13.0. The van der Waals surface area contributed by atoms with Crippen molar-refractivity contribution in [1.29, 1.82) is 0 Å². The number of pyridine rings is 1. The summed E-state index contributed by atoms with van der Waals surface area (Å²) >= 11 is 5.66. The van der Waals surface area contributed by atoms with Crippen LogP contribution in [-0.2, 0) is 0 Å². The molecule has 1 aromatic carbocycles. The van der Waals surface area contributed by atoms with Crippen LogP contribution in [0.1, 0.15) is 15.9 Å². The van der Waals surface area contributed by atoms with Gasteiger partial charge in [-0.2, -0.15) is 0 Å². The van der Waals surface area contributed by atoms with E-state index in [1.54, 1.807) is 13.0 Å². The fraction of sp³-hybridized carbons (Fsp3) is 0.0769. The van der Waals surface area contributed by atoms with Gasteiger partial charge in [-0.3, -0.25) is 0 Å². The molecule has 19 heavy (non-hydrogen) atoms. The molecule has 0 fully saturated rings. The first-order chi connectivity index (χ1) is 8.99. The number of hydrogen-bond acceptors (Lipinski definition) is 3. The zero-order valence-corrected chi connectivity index (χ0v) is 10.7. The number of carbonyl (C=O) groups is 1. The fourth-order valence-corrected chi connectivity index (χ4v) is 1.81. The number of nitrogens with zero attached hydrogens (tertiary/aromatic N) is 1. The summed E-state index contributed by atoms with van der Waals surface area (Å²) in [6, 6.07) is 5.62. The van der Waals surface area contributed by atoms with Crippen molar-refractivity contribution in [3.63, 3.8) is 0 Å². The first-order valence-electron chi connectivity index (χ1n) is 5.40. The molecule has 0 saturated carbocycles. The number of hydrogen-bond donors (Lipinski definition) is 2. The molecule has 2 N–H and O–H groups in total. The molecular formula is C13H10ClFN2O2. The lowest BCUT2D eigenvalue weighted by molar-refractivity contribution is 0.0697. The number of nitrogens with one attached hydrogen (secondary N) is 1. The lowest BCUT2D eigenvalue weighted by atomic mass is 10.1. The Hall–Kier alpha value is -2.14. The van der Waals surface area contributed by atoms with Crippen molar-refractivity contribution < 1.29 is 14.3 Å². The van der Waals surface area contributed by atoms with E-state index in [4.69, 9.17) is 16.7 Å². The van der Waals surface area contributed by atoms with Crippen molar-refractivity contribution in [2.24, 2.45) is 0 Å². The Morgan fingerprint density at radius 3 is 2.79 bits per heavy atom. The van der Waals surface area contributed by atoms with Crippen molar-refractivity contribution in [3.8, 4) is 0 Å². The van der Waals surface area contributed by atoms with Crippen LogP contribution in [0.3, 0.4) is 0 Å². The van der Waals surface area contributed by atoms with Crippen molar-refractivity contribution in [2.45, 2.75) is 6.92 Å². The zero-order valence-electron chi connectivity index (χ0n) is 9.95. The van der Waals surface area contributed by atoms with Crippen molar-refractivity contribution in [1.82, 2.24) is 4.98 Å². The van der Waals surface area contributed by atoms with E-state index < -0.39 is 11.8 Å². The number of aromatic carboxylic acids is 1. The highest BCUT2D eigenvalue weighted by Crippen LogP contribution is 2.24. The summed E-state index contributed by atoms with van der Waals surface area (Å²) in [5.74, 6) is -1.43. The quantitative estimate of drug-likeness (QED) is 0.901. The third-order valence-corrected chi connectivity index (χ3v) is 2.85. The molecule has 0 aliphatic heterocycles. The molecule has 6 heteroatoms. The Morgan fingerprint density at radius 2 is 2.16 bits per heavy atom. The number of benzene rings is 1. The summed E-state index contributed by atoms with van der Waals surface area (Å²) in [5.41, 5.74) is 1.12. The molecule has 98 valence electrons. The lowest BCUT2D eigenvalue weighted by Crippen LogP contribution is -2.07. The summed E-state index contributed by atoms with van der Waals surface area (Å²) in [4.78, 5) is 15.2. The minimum Gasteiger partial charge on any atom is -0.478 e. The molecule has 0 amide bonds. The van der Waals surface area contributed by atoms with Crippen LogP contribution < -0.4 is 5.32 Å². The van der Waals surface area contributed by atoms with E-state index in [1.165, 1.54) is 24.4 Å². The molecule has 1 heterocycles. The number of halogens is 2. The van der Waals surface area contributed by atoms with Gasteiger partial charge in [0.1, 0.15) is 17.2 Å². The standard InChI is InChI=1S/C13H10ClFN2O2/c1-7-4-5-16-12(11(7)13(18)19)17-8-2-3-10(15)9(14)6-8/h2-6H,1H3,(H,16,17)(H,18,19). The van der Waals surface area contributed by atoms with E-state index in [9.17, 15) is 9.18 Å². The molecule has 2 aromatic rings. The largest absolute Gasteiger partial charge is 0.478 e. The van der Waals surface area contributed by atoms with E-state index in [-0.39, 0.29) is 16.4 Å². The maximum absolute atomic E-state index is 13.0. The van der Waals surface area contributed by atoms with Crippen LogP contribution in [0.25, 0.3) is 0 Å². The number of carboxylic acid groups (broad SMARTS) is 1. The van der Waals surface area contributed by atoms with Crippen LogP contribution in [0, 0.1) is 12.7 Å². The van der Waals surface area contributed by atoms with Crippen LogP contribution in [0.15, 0.2) is 30.5 Å². The number of carboxylic acids is 1. The van der Waals surface area contributed by atoms with Crippen LogP contribution in [0.5, 0.6) is 0 Å². The Balaban J connectivity index is 2.40. The molecule has 0 unspecified atom stereocenters. The van der Waals surface area contributed by atoms with Crippen molar-refractivity contribution >= 4 is 29.1 Å². The first kappa shape index (κ1) is 13.3. The second-order valence-corrected chi connectivity index (χ2v) is 4.32. The summed E-state index contributed by atoms with van der Waals surface area (Å²) in [5, 5.41) is 11.9. The summed E-state index contributed by atoms with van der Waals surface area (Å²) in [6.07, 6.45) is 1.50. The highest BCUT2D eigenvalue weighted by molar-refractivity contribution is 6.31. The van der Waals surface area contributed by atoms with Gasteiger partial charge in [0.2, 0.25) is 0 Å². The van der Waals surface area contributed by atoms with E-state index in [1.807, 2.05) is 0 Å². The number of rotatable bonds is 3. The van der Waals surface area contributed by atoms with Crippen molar-refractivity contribution in [3.05, 3.63) is 52.4 Å². The smallest absolute Gasteiger partial charge is 0.339 e. The summed E-state index contributed by atoms with van der Waals surface area (Å²) in [6.45, 7) is 1.67. The average Bonchev–Trinajstić information content (AvgIpc) is 2.33. The van der Waals surface area contributed by atoms with Gasteiger partial charge in [0.15, 0.2) is 0 Å². The topological polar surface area (TPSA) is 62.2 Å². The van der Waals surface area contributed by atoms with Gasteiger partial charge in [-0.05, 0) is 36.8 Å². The molecule has 0 spiro atoms. The number of aryl methyl sites for hydroxylation is 1. The van der Waals surface area contributed by atoms with Crippen LogP contribution >= 0.6 is 11.6 Å². The van der Waals surface area contributed by atoms with E-state index >= 15 is 0 Å². The minimum atomic E-state index is -1.08. The second-order valence-electron chi connectivity index (χ2n) is 3.91. The molecule has 0 aliphatic rings. The summed E-state index contributed by atoms with van der Waals surface area (Å²) in [7, 11) is 0.